The van der Waals surface area contributed by atoms with Crippen LogP contribution < -0.4 is 14.2 Å². The summed E-state index contributed by atoms with van der Waals surface area (Å²) in [7, 11) is 3.06. The molecule has 2 atom stereocenters. The van der Waals surface area contributed by atoms with Crippen molar-refractivity contribution in [3.8, 4) is 17.2 Å². The van der Waals surface area contributed by atoms with Gasteiger partial charge in [-0.05, 0) is 35.9 Å². The monoisotopic (exact) mass is 318 g/mol. The van der Waals surface area contributed by atoms with Crippen LogP contribution in [-0.2, 0) is 0 Å². The molecular formula is C17H18O6. The highest BCUT2D eigenvalue weighted by Crippen LogP contribution is 2.48. The molecule has 1 aliphatic heterocycles. The van der Waals surface area contributed by atoms with Crippen LogP contribution in [0, 0.1) is 0 Å². The minimum Gasteiger partial charge on any atom is -0.497 e. The summed E-state index contributed by atoms with van der Waals surface area (Å²) < 4.78 is 15.5. The second-order valence-electron chi connectivity index (χ2n) is 5.36. The SMILES string of the molecule is COc1ccc(C2C(O)c3cc(OC)ccc3OC2(O)O)cc1. The number of ether oxygens (including phenoxy) is 3. The lowest BCUT2D eigenvalue weighted by molar-refractivity contribution is -0.325. The Morgan fingerprint density at radius 1 is 0.957 bits per heavy atom. The molecule has 0 aliphatic carbocycles. The fourth-order valence-electron chi connectivity index (χ4n) is 2.80. The number of benzene rings is 2. The van der Waals surface area contributed by atoms with Gasteiger partial charge in [-0.15, -0.1) is 0 Å². The van der Waals surface area contributed by atoms with Crippen LogP contribution >= 0.6 is 0 Å². The fraction of sp³-hybridized carbons (Fsp3) is 0.294. The second kappa shape index (κ2) is 5.73. The molecule has 2 aromatic carbocycles. The molecule has 3 rings (SSSR count). The third kappa shape index (κ3) is 2.72. The molecule has 2 unspecified atom stereocenters. The van der Waals surface area contributed by atoms with E-state index in [-0.39, 0.29) is 5.75 Å². The highest BCUT2D eigenvalue weighted by atomic mass is 16.8. The van der Waals surface area contributed by atoms with E-state index in [1.165, 1.54) is 13.2 Å². The summed E-state index contributed by atoms with van der Waals surface area (Å²) in [5, 5.41) is 31.2. The largest absolute Gasteiger partial charge is 0.497 e. The van der Waals surface area contributed by atoms with Crippen LogP contribution in [0.1, 0.15) is 23.1 Å². The lowest BCUT2D eigenvalue weighted by Gasteiger charge is -2.39. The molecule has 0 radical (unpaired) electrons. The predicted octanol–water partition coefficient (Wildman–Crippen LogP) is 1.55. The maximum Gasteiger partial charge on any atom is 0.332 e. The zero-order chi connectivity index (χ0) is 16.6. The van der Waals surface area contributed by atoms with Crippen molar-refractivity contribution in [1.29, 1.82) is 0 Å². The van der Waals surface area contributed by atoms with E-state index in [1.54, 1.807) is 43.5 Å². The maximum absolute atomic E-state index is 10.7. The normalized spacial score (nSPS) is 22.0. The molecule has 0 amide bonds. The molecule has 1 aliphatic rings. The van der Waals surface area contributed by atoms with E-state index in [2.05, 4.69) is 0 Å². The van der Waals surface area contributed by atoms with Gasteiger partial charge in [-0.1, -0.05) is 12.1 Å². The van der Waals surface area contributed by atoms with Crippen LogP contribution in [0.15, 0.2) is 42.5 Å². The smallest absolute Gasteiger partial charge is 0.332 e. The molecule has 23 heavy (non-hydrogen) atoms. The van der Waals surface area contributed by atoms with Gasteiger partial charge in [0.05, 0.1) is 20.3 Å². The minimum atomic E-state index is -2.53. The first-order valence-electron chi connectivity index (χ1n) is 7.10. The van der Waals surface area contributed by atoms with E-state index in [0.29, 0.717) is 22.6 Å². The first kappa shape index (κ1) is 15.6. The van der Waals surface area contributed by atoms with Gasteiger partial charge >= 0.3 is 5.97 Å². The van der Waals surface area contributed by atoms with E-state index in [0.717, 1.165) is 0 Å². The van der Waals surface area contributed by atoms with E-state index in [9.17, 15) is 15.3 Å². The van der Waals surface area contributed by atoms with Crippen molar-refractivity contribution in [3.63, 3.8) is 0 Å². The number of methoxy groups -OCH3 is 2. The van der Waals surface area contributed by atoms with Gasteiger partial charge in [0.25, 0.3) is 0 Å². The molecule has 1 heterocycles. The van der Waals surface area contributed by atoms with Crippen molar-refractivity contribution in [1.82, 2.24) is 0 Å². The first-order valence-corrected chi connectivity index (χ1v) is 7.10. The summed E-state index contributed by atoms with van der Waals surface area (Å²) in [6, 6.07) is 11.4. The van der Waals surface area contributed by atoms with Crippen LogP contribution in [0.4, 0.5) is 0 Å². The highest BCUT2D eigenvalue weighted by molar-refractivity contribution is 5.46. The van der Waals surface area contributed by atoms with Crippen LogP contribution in [0.25, 0.3) is 0 Å². The van der Waals surface area contributed by atoms with Gasteiger partial charge in [-0.2, -0.15) is 0 Å². The van der Waals surface area contributed by atoms with Crippen molar-refractivity contribution in [3.05, 3.63) is 53.6 Å². The summed E-state index contributed by atoms with van der Waals surface area (Å²) in [6.07, 6.45) is -1.17. The van der Waals surface area contributed by atoms with Crippen molar-refractivity contribution >= 4 is 0 Å². The lowest BCUT2D eigenvalue weighted by Crippen LogP contribution is -2.47. The average molecular weight is 318 g/mol. The van der Waals surface area contributed by atoms with Crippen LogP contribution in [0.5, 0.6) is 17.2 Å². The molecule has 0 saturated heterocycles. The Hall–Kier alpha value is -2.28. The molecule has 0 fully saturated rings. The molecule has 0 bridgehead atoms. The lowest BCUT2D eigenvalue weighted by atomic mass is 9.84. The van der Waals surface area contributed by atoms with Crippen molar-refractivity contribution < 1.29 is 29.5 Å². The van der Waals surface area contributed by atoms with Gasteiger partial charge in [0, 0.05) is 5.56 Å². The highest BCUT2D eigenvalue weighted by Gasteiger charge is 2.48. The van der Waals surface area contributed by atoms with Crippen LogP contribution in [-0.4, -0.2) is 35.5 Å². The standard InChI is InChI=1S/C17H18O6/c1-21-11-5-3-10(4-6-11)15-16(18)13-9-12(22-2)7-8-14(13)23-17(15,19)20/h3-9,15-16,18-20H,1-2H3. The van der Waals surface area contributed by atoms with Gasteiger partial charge in [0.15, 0.2) is 0 Å². The molecule has 122 valence electrons. The van der Waals surface area contributed by atoms with Crippen molar-refractivity contribution in [2.75, 3.05) is 14.2 Å². The molecule has 2 aromatic rings. The number of aliphatic hydroxyl groups excluding tert-OH is 1. The summed E-state index contributed by atoms with van der Waals surface area (Å²) in [5.41, 5.74) is 0.945. The van der Waals surface area contributed by atoms with Crippen LogP contribution in [0.2, 0.25) is 0 Å². The first-order chi connectivity index (χ1) is 11.0. The number of hydrogen-bond acceptors (Lipinski definition) is 6. The topological polar surface area (TPSA) is 88.4 Å². The fourth-order valence-corrected chi connectivity index (χ4v) is 2.80. The Bertz CT molecular complexity index is 695. The number of fused-ring (bicyclic) bond motifs is 1. The maximum atomic E-state index is 10.7. The summed E-state index contributed by atoms with van der Waals surface area (Å²) in [4.78, 5) is 0. The third-order valence-corrected chi connectivity index (χ3v) is 3.99. The summed E-state index contributed by atoms with van der Waals surface area (Å²) in [6.45, 7) is 0. The van der Waals surface area contributed by atoms with E-state index in [4.69, 9.17) is 14.2 Å². The molecule has 3 N–H and O–H groups in total. The molecule has 6 nitrogen and oxygen atoms in total. The van der Waals surface area contributed by atoms with Gasteiger partial charge < -0.3 is 29.5 Å². The Morgan fingerprint density at radius 3 is 2.17 bits per heavy atom. The van der Waals surface area contributed by atoms with E-state index < -0.39 is 18.0 Å². The predicted molar refractivity (Wildman–Crippen MR) is 81.5 cm³/mol. The van der Waals surface area contributed by atoms with Crippen molar-refractivity contribution in [2.45, 2.75) is 18.0 Å². The molecule has 0 spiro atoms. The minimum absolute atomic E-state index is 0.202. The Morgan fingerprint density at radius 2 is 1.57 bits per heavy atom. The summed E-state index contributed by atoms with van der Waals surface area (Å²) >= 11 is 0. The Balaban J connectivity index is 2.04. The zero-order valence-electron chi connectivity index (χ0n) is 12.8. The van der Waals surface area contributed by atoms with Crippen LogP contribution in [0.3, 0.4) is 0 Å². The van der Waals surface area contributed by atoms with Gasteiger partial charge in [0.2, 0.25) is 0 Å². The van der Waals surface area contributed by atoms with Crippen molar-refractivity contribution in [2.24, 2.45) is 0 Å². The van der Waals surface area contributed by atoms with Gasteiger partial charge in [0.1, 0.15) is 23.2 Å². The third-order valence-electron chi connectivity index (χ3n) is 3.99. The zero-order valence-corrected chi connectivity index (χ0v) is 12.8. The Kier molecular flexibility index (Phi) is 3.89. The van der Waals surface area contributed by atoms with Gasteiger partial charge in [-0.25, -0.2) is 0 Å². The Labute approximate surface area is 133 Å². The summed E-state index contributed by atoms with van der Waals surface area (Å²) in [5.74, 6) is -2.23. The average Bonchev–Trinajstić information content (AvgIpc) is 2.54. The molecule has 6 heteroatoms. The quantitative estimate of drug-likeness (QED) is 0.744. The molecular weight excluding hydrogens is 300 g/mol. The molecule has 0 saturated carbocycles. The number of hydrogen-bond donors (Lipinski definition) is 3. The van der Waals surface area contributed by atoms with E-state index >= 15 is 0 Å². The molecule has 0 aromatic heterocycles. The van der Waals surface area contributed by atoms with E-state index in [1.807, 2.05) is 0 Å². The number of aliphatic hydroxyl groups is 3. The van der Waals surface area contributed by atoms with Gasteiger partial charge in [-0.3, -0.25) is 0 Å². The second-order valence-corrected chi connectivity index (χ2v) is 5.36. The number of rotatable bonds is 3.